The Balaban J connectivity index is 3.28. The van der Waals surface area contributed by atoms with E-state index in [1.165, 1.54) is 0 Å². The van der Waals surface area contributed by atoms with Crippen molar-refractivity contribution in [2.75, 3.05) is 0 Å². The second-order valence-electron chi connectivity index (χ2n) is 3.05. The highest BCUT2D eigenvalue weighted by molar-refractivity contribution is 5.40. The van der Waals surface area contributed by atoms with Crippen LogP contribution in [0.3, 0.4) is 0 Å². The van der Waals surface area contributed by atoms with Crippen molar-refractivity contribution in [1.82, 2.24) is 4.98 Å². The predicted molar refractivity (Wildman–Crippen MR) is 45.5 cm³/mol. The molecule has 0 fully saturated rings. The van der Waals surface area contributed by atoms with E-state index in [0.29, 0.717) is 0 Å². The predicted octanol–water partition coefficient (Wildman–Crippen LogP) is 2.16. The van der Waals surface area contributed by atoms with E-state index in [0.717, 1.165) is 0 Å². The number of rotatable bonds is 2. The molecule has 0 saturated heterocycles. The molecule has 4 nitrogen and oxygen atoms in total. The lowest BCUT2D eigenvalue weighted by atomic mass is 10.2. The van der Waals surface area contributed by atoms with Crippen molar-refractivity contribution in [3.63, 3.8) is 0 Å². The largest absolute Gasteiger partial charge is 0.573 e. The summed E-state index contributed by atoms with van der Waals surface area (Å²) in [6, 6.07) is 0.172. The average Bonchev–Trinajstić information content (AvgIpc) is 2.13. The molecule has 0 amide bonds. The second-order valence-corrected chi connectivity index (χ2v) is 3.05. The molecule has 1 aromatic rings. The molecule has 0 saturated carbocycles. The summed E-state index contributed by atoms with van der Waals surface area (Å²) in [5.41, 5.74) is 2.48. The summed E-state index contributed by atoms with van der Waals surface area (Å²) in [7, 11) is 0. The third-order valence-electron chi connectivity index (χ3n) is 1.73. The standard InChI is InChI=1S/C8H6F6N2O2/c9-7(10,11)6-4(17)1-5(3(2-15)16-6)18-8(12,13)14/h1,17H,2,15H2. The van der Waals surface area contributed by atoms with Gasteiger partial charge in [-0.1, -0.05) is 0 Å². The molecule has 1 heterocycles. The van der Waals surface area contributed by atoms with Crippen LogP contribution in [0, 0.1) is 0 Å². The zero-order valence-corrected chi connectivity index (χ0v) is 8.43. The van der Waals surface area contributed by atoms with Gasteiger partial charge in [-0.3, -0.25) is 0 Å². The Kier molecular flexibility index (Phi) is 3.60. The van der Waals surface area contributed by atoms with Crippen molar-refractivity contribution in [3.05, 3.63) is 17.5 Å². The van der Waals surface area contributed by atoms with E-state index in [1.807, 2.05) is 0 Å². The lowest BCUT2D eigenvalue weighted by Gasteiger charge is -2.15. The molecule has 102 valence electrons. The van der Waals surface area contributed by atoms with Gasteiger partial charge in [-0.2, -0.15) is 13.2 Å². The van der Waals surface area contributed by atoms with Gasteiger partial charge < -0.3 is 15.6 Å². The first kappa shape index (κ1) is 14.4. The molecule has 0 aliphatic carbocycles. The Morgan fingerprint density at radius 2 is 1.78 bits per heavy atom. The fourth-order valence-corrected chi connectivity index (χ4v) is 1.09. The molecule has 0 unspecified atom stereocenters. The molecule has 0 radical (unpaired) electrons. The minimum atomic E-state index is -5.13. The van der Waals surface area contributed by atoms with Crippen LogP contribution in [-0.4, -0.2) is 16.5 Å². The molecule has 0 aliphatic heterocycles. The maximum absolute atomic E-state index is 12.3. The maximum atomic E-state index is 12.3. The van der Waals surface area contributed by atoms with Gasteiger partial charge in [-0.25, -0.2) is 4.98 Å². The minimum absolute atomic E-state index is 0.172. The second kappa shape index (κ2) is 4.52. The Hall–Kier alpha value is -1.71. The highest BCUT2D eigenvalue weighted by atomic mass is 19.4. The number of alkyl halides is 6. The highest BCUT2D eigenvalue weighted by Crippen LogP contribution is 2.38. The molecule has 1 rings (SSSR count). The summed E-state index contributed by atoms with van der Waals surface area (Å²) >= 11 is 0. The molecule has 3 N–H and O–H groups in total. The lowest BCUT2D eigenvalue weighted by molar-refractivity contribution is -0.275. The van der Waals surface area contributed by atoms with Gasteiger partial charge in [0.2, 0.25) is 0 Å². The van der Waals surface area contributed by atoms with Crippen molar-refractivity contribution in [2.24, 2.45) is 5.73 Å². The fraction of sp³-hybridized carbons (Fsp3) is 0.375. The highest BCUT2D eigenvalue weighted by Gasteiger charge is 2.38. The molecule has 0 aromatic carbocycles. The van der Waals surface area contributed by atoms with Crippen LogP contribution >= 0.6 is 0 Å². The normalized spacial score (nSPS) is 12.6. The summed E-state index contributed by atoms with van der Waals surface area (Å²) in [6.45, 7) is -0.714. The smallest absolute Gasteiger partial charge is 0.506 e. The molecular formula is C8H6F6N2O2. The molecular weight excluding hydrogens is 270 g/mol. The van der Waals surface area contributed by atoms with Crippen molar-refractivity contribution in [1.29, 1.82) is 0 Å². The zero-order valence-electron chi connectivity index (χ0n) is 8.43. The first-order chi connectivity index (χ1) is 8.04. The molecule has 18 heavy (non-hydrogen) atoms. The minimum Gasteiger partial charge on any atom is -0.506 e. The van der Waals surface area contributed by atoms with Crippen LogP contribution in [0.1, 0.15) is 11.4 Å². The molecule has 0 bridgehead atoms. The van der Waals surface area contributed by atoms with Gasteiger partial charge in [0.25, 0.3) is 0 Å². The number of hydrogen-bond donors (Lipinski definition) is 2. The van der Waals surface area contributed by atoms with Crippen LogP contribution < -0.4 is 10.5 Å². The van der Waals surface area contributed by atoms with Crippen LogP contribution in [0.5, 0.6) is 11.5 Å². The van der Waals surface area contributed by atoms with Crippen LogP contribution in [0.2, 0.25) is 0 Å². The SMILES string of the molecule is NCc1nc(C(F)(F)F)c(O)cc1OC(F)(F)F. The summed E-state index contributed by atoms with van der Waals surface area (Å²) < 4.78 is 76.1. The van der Waals surface area contributed by atoms with E-state index < -0.39 is 42.0 Å². The van der Waals surface area contributed by atoms with Crippen LogP contribution in [-0.2, 0) is 12.7 Å². The first-order valence-electron chi connectivity index (χ1n) is 4.30. The number of aromatic hydroxyl groups is 1. The number of pyridine rings is 1. The summed E-state index contributed by atoms with van der Waals surface area (Å²) in [5, 5.41) is 8.97. The monoisotopic (exact) mass is 276 g/mol. The topological polar surface area (TPSA) is 68.4 Å². The van der Waals surface area contributed by atoms with Crippen molar-refractivity contribution < 1.29 is 36.2 Å². The van der Waals surface area contributed by atoms with E-state index in [4.69, 9.17) is 10.8 Å². The van der Waals surface area contributed by atoms with E-state index in [1.54, 1.807) is 0 Å². The Morgan fingerprint density at radius 1 is 1.22 bits per heavy atom. The van der Waals surface area contributed by atoms with E-state index >= 15 is 0 Å². The average molecular weight is 276 g/mol. The van der Waals surface area contributed by atoms with Gasteiger partial charge in [0.05, 0.1) is 5.69 Å². The number of hydrogen-bond acceptors (Lipinski definition) is 4. The third-order valence-corrected chi connectivity index (χ3v) is 1.73. The van der Waals surface area contributed by atoms with Crippen molar-refractivity contribution in [2.45, 2.75) is 19.1 Å². The zero-order chi connectivity index (χ0) is 14.1. The number of ether oxygens (including phenoxy) is 1. The fourth-order valence-electron chi connectivity index (χ4n) is 1.09. The van der Waals surface area contributed by atoms with Gasteiger partial charge in [0.1, 0.15) is 5.75 Å². The number of nitrogens with zero attached hydrogens (tertiary/aromatic N) is 1. The van der Waals surface area contributed by atoms with Crippen LogP contribution in [0.15, 0.2) is 6.07 Å². The van der Waals surface area contributed by atoms with Crippen molar-refractivity contribution >= 4 is 0 Å². The molecule has 0 spiro atoms. The molecule has 1 aromatic heterocycles. The molecule has 0 aliphatic rings. The summed E-state index contributed by atoms with van der Waals surface area (Å²) in [4.78, 5) is 2.82. The quantitative estimate of drug-likeness (QED) is 0.812. The third kappa shape index (κ3) is 3.39. The van der Waals surface area contributed by atoms with E-state index in [2.05, 4.69) is 9.72 Å². The van der Waals surface area contributed by atoms with Gasteiger partial charge in [-0.15, -0.1) is 13.2 Å². The Labute approximate surface area is 96.0 Å². The molecule has 0 atom stereocenters. The van der Waals surface area contributed by atoms with E-state index in [-0.39, 0.29) is 6.07 Å². The lowest BCUT2D eigenvalue weighted by Crippen LogP contribution is -2.20. The maximum Gasteiger partial charge on any atom is 0.573 e. The summed E-state index contributed by atoms with van der Waals surface area (Å²) in [6.07, 6.45) is -10.1. The van der Waals surface area contributed by atoms with Crippen molar-refractivity contribution in [3.8, 4) is 11.5 Å². The molecule has 10 heteroatoms. The Morgan fingerprint density at radius 3 is 2.17 bits per heavy atom. The number of aromatic nitrogens is 1. The van der Waals surface area contributed by atoms with Gasteiger partial charge in [0.15, 0.2) is 11.4 Å². The van der Waals surface area contributed by atoms with Crippen LogP contribution in [0.4, 0.5) is 26.3 Å². The van der Waals surface area contributed by atoms with Gasteiger partial charge in [-0.05, 0) is 0 Å². The number of nitrogens with two attached hydrogens (primary N) is 1. The van der Waals surface area contributed by atoms with Gasteiger partial charge in [0, 0.05) is 12.6 Å². The first-order valence-corrected chi connectivity index (χ1v) is 4.30. The van der Waals surface area contributed by atoms with Crippen LogP contribution in [0.25, 0.3) is 0 Å². The van der Waals surface area contributed by atoms with Gasteiger partial charge >= 0.3 is 12.5 Å². The summed E-state index contributed by atoms with van der Waals surface area (Å²) in [5.74, 6) is -2.55. The number of halogens is 6. The Bertz CT molecular complexity index is 442. The van der Waals surface area contributed by atoms with E-state index in [9.17, 15) is 26.3 Å².